The van der Waals surface area contributed by atoms with Crippen molar-refractivity contribution in [1.29, 1.82) is 0 Å². The minimum absolute atomic E-state index is 0. The van der Waals surface area contributed by atoms with Gasteiger partial charge in [0, 0.05) is 12.0 Å². The minimum Gasteiger partial charge on any atom is -0.492 e. The molecule has 2 aliphatic rings. The van der Waals surface area contributed by atoms with Gasteiger partial charge in [-0.25, -0.2) is 0 Å². The zero-order valence-electron chi connectivity index (χ0n) is 11.7. The summed E-state index contributed by atoms with van der Waals surface area (Å²) < 4.78 is 5.59. The third-order valence-corrected chi connectivity index (χ3v) is 4.07. The highest BCUT2D eigenvalue weighted by atomic mass is 35.5. The standard InChI is InChI=1S/C15H19ClN2O2.ClH/c16-12-3-1-2-11-13(6-7-20-15(11)12)18-14(19)9-17-8-10-4-5-10;/h1-3,10,13,17H,4-9H2,(H,18,19);1H. The topological polar surface area (TPSA) is 50.4 Å². The molecule has 1 aromatic carbocycles. The summed E-state index contributed by atoms with van der Waals surface area (Å²) in [6.45, 7) is 1.91. The number of hydrogen-bond acceptors (Lipinski definition) is 3. The molecule has 6 heteroatoms. The molecule has 0 bridgehead atoms. The first-order valence-electron chi connectivity index (χ1n) is 7.15. The van der Waals surface area contributed by atoms with Crippen LogP contribution >= 0.6 is 24.0 Å². The van der Waals surface area contributed by atoms with Crippen molar-refractivity contribution >= 4 is 29.9 Å². The first-order valence-corrected chi connectivity index (χ1v) is 7.53. The molecule has 4 nitrogen and oxygen atoms in total. The van der Waals surface area contributed by atoms with Crippen LogP contribution in [0, 0.1) is 5.92 Å². The second-order valence-corrected chi connectivity index (χ2v) is 5.90. The fourth-order valence-electron chi connectivity index (χ4n) is 2.49. The Morgan fingerprint density at radius 1 is 1.33 bits per heavy atom. The lowest BCUT2D eigenvalue weighted by molar-refractivity contribution is -0.121. The van der Waals surface area contributed by atoms with E-state index in [-0.39, 0.29) is 24.4 Å². The number of ether oxygens (including phenoxy) is 1. The highest BCUT2D eigenvalue weighted by Crippen LogP contribution is 2.37. The normalized spacial score (nSPS) is 20.0. The van der Waals surface area contributed by atoms with Gasteiger partial charge in [-0.15, -0.1) is 12.4 Å². The molecule has 0 spiro atoms. The molecule has 1 fully saturated rings. The number of amides is 1. The van der Waals surface area contributed by atoms with Crippen molar-refractivity contribution in [3.8, 4) is 5.75 Å². The van der Waals surface area contributed by atoms with Crippen LogP contribution in [0.15, 0.2) is 18.2 Å². The lowest BCUT2D eigenvalue weighted by Crippen LogP contribution is -2.38. The quantitative estimate of drug-likeness (QED) is 0.872. The second-order valence-electron chi connectivity index (χ2n) is 5.49. The van der Waals surface area contributed by atoms with Gasteiger partial charge in [-0.2, -0.15) is 0 Å². The molecule has 1 atom stereocenters. The zero-order chi connectivity index (χ0) is 13.9. The molecular formula is C15H20Cl2N2O2. The van der Waals surface area contributed by atoms with Crippen LogP contribution in [-0.2, 0) is 4.79 Å². The lowest BCUT2D eigenvalue weighted by Gasteiger charge is -2.27. The minimum atomic E-state index is -0.00678. The maximum absolute atomic E-state index is 12.0. The first kappa shape index (κ1) is 16.4. The number of para-hydroxylation sites is 1. The molecule has 21 heavy (non-hydrogen) atoms. The molecule has 1 aromatic rings. The van der Waals surface area contributed by atoms with E-state index < -0.39 is 0 Å². The lowest BCUT2D eigenvalue weighted by atomic mass is 10.0. The Bertz CT molecular complexity index is 506. The number of fused-ring (bicyclic) bond motifs is 1. The van der Waals surface area contributed by atoms with Crippen molar-refractivity contribution in [2.75, 3.05) is 19.7 Å². The SMILES string of the molecule is Cl.O=C(CNCC1CC1)NC1CCOc2c(Cl)cccc21. The van der Waals surface area contributed by atoms with Gasteiger partial charge >= 0.3 is 0 Å². The van der Waals surface area contributed by atoms with Gasteiger partial charge < -0.3 is 15.4 Å². The molecular weight excluding hydrogens is 311 g/mol. The zero-order valence-corrected chi connectivity index (χ0v) is 13.3. The van der Waals surface area contributed by atoms with Gasteiger partial charge in [-0.05, 0) is 31.4 Å². The number of carbonyl (C=O) groups excluding carboxylic acids is 1. The summed E-state index contributed by atoms with van der Waals surface area (Å²) >= 11 is 6.12. The van der Waals surface area contributed by atoms with E-state index in [0.29, 0.717) is 23.9 Å². The van der Waals surface area contributed by atoms with Crippen molar-refractivity contribution in [1.82, 2.24) is 10.6 Å². The summed E-state index contributed by atoms with van der Waals surface area (Å²) in [5.41, 5.74) is 0.972. The fourth-order valence-corrected chi connectivity index (χ4v) is 2.73. The Labute approximate surface area is 136 Å². The van der Waals surface area contributed by atoms with Crippen LogP contribution < -0.4 is 15.4 Å². The third-order valence-electron chi connectivity index (χ3n) is 3.78. The van der Waals surface area contributed by atoms with Gasteiger partial charge in [0.15, 0.2) is 0 Å². The molecule has 0 radical (unpaired) electrons. The predicted molar refractivity (Wildman–Crippen MR) is 85.3 cm³/mol. The van der Waals surface area contributed by atoms with Crippen LogP contribution in [0.25, 0.3) is 0 Å². The second kappa shape index (κ2) is 7.34. The molecule has 3 rings (SSSR count). The van der Waals surface area contributed by atoms with Gasteiger partial charge in [-0.1, -0.05) is 23.7 Å². The Balaban J connectivity index is 0.00000161. The molecule has 1 heterocycles. The van der Waals surface area contributed by atoms with Crippen molar-refractivity contribution < 1.29 is 9.53 Å². The van der Waals surface area contributed by atoms with Gasteiger partial charge in [0.25, 0.3) is 0 Å². The largest absolute Gasteiger partial charge is 0.492 e. The summed E-state index contributed by atoms with van der Waals surface area (Å²) in [5, 5.41) is 6.86. The van der Waals surface area contributed by atoms with E-state index in [1.54, 1.807) is 0 Å². The molecule has 1 aliphatic carbocycles. The van der Waals surface area contributed by atoms with E-state index in [9.17, 15) is 4.79 Å². The smallest absolute Gasteiger partial charge is 0.234 e. The number of nitrogens with one attached hydrogen (secondary N) is 2. The predicted octanol–water partition coefficient (Wildman–Crippen LogP) is 2.70. The highest BCUT2D eigenvalue weighted by molar-refractivity contribution is 6.32. The Morgan fingerprint density at radius 2 is 2.14 bits per heavy atom. The van der Waals surface area contributed by atoms with Crippen LogP contribution in [-0.4, -0.2) is 25.6 Å². The Kier molecular flexibility index (Phi) is 5.73. The van der Waals surface area contributed by atoms with Crippen LogP contribution in [0.4, 0.5) is 0 Å². The molecule has 2 N–H and O–H groups in total. The number of rotatable bonds is 5. The molecule has 1 unspecified atom stereocenters. The average molecular weight is 331 g/mol. The maximum Gasteiger partial charge on any atom is 0.234 e. The number of benzene rings is 1. The van der Waals surface area contributed by atoms with Crippen LogP contribution in [0.1, 0.15) is 30.9 Å². The maximum atomic E-state index is 12.0. The Morgan fingerprint density at radius 3 is 2.90 bits per heavy atom. The monoisotopic (exact) mass is 330 g/mol. The molecule has 116 valence electrons. The molecule has 0 aromatic heterocycles. The van der Waals surface area contributed by atoms with Crippen LogP contribution in [0.3, 0.4) is 0 Å². The van der Waals surface area contributed by atoms with Gasteiger partial charge in [-0.3, -0.25) is 4.79 Å². The fraction of sp³-hybridized carbons (Fsp3) is 0.533. The molecule has 1 amide bonds. The third kappa shape index (κ3) is 4.25. The van der Waals surface area contributed by atoms with Crippen molar-refractivity contribution in [3.63, 3.8) is 0 Å². The van der Waals surface area contributed by atoms with Crippen molar-refractivity contribution in [2.24, 2.45) is 5.92 Å². The van der Waals surface area contributed by atoms with Crippen molar-refractivity contribution in [2.45, 2.75) is 25.3 Å². The van der Waals surface area contributed by atoms with E-state index >= 15 is 0 Å². The number of hydrogen-bond donors (Lipinski definition) is 2. The highest BCUT2D eigenvalue weighted by Gasteiger charge is 2.25. The summed E-state index contributed by atoms with van der Waals surface area (Å²) in [6.07, 6.45) is 3.36. The van der Waals surface area contributed by atoms with E-state index in [2.05, 4.69) is 10.6 Å². The van der Waals surface area contributed by atoms with Gasteiger partial charge in [0.2, 0.25) is 5.91 Å². The van der Waals surface area contributed by atoms with E-state index in [0.717, 1.165) is 24.4 Å². The average Bonchev–Trinajstić information content (AvgIpc) is 3.24. The number of halogens is 2. The molecule has 1 aliphatic heterocycles. The van der Waals surface area contributed by atoms with E-state index in [1.807, 2.05) is 18.2 Å². The Hall–Kier alpha value is -0.970. The molecule has 0 saturated heterocycles. The number of carbonyl (C=O) groups is 1. The van der Waals surface area contributed by atoms with Gasteiger partial charge in [0.05, 0.1) is 24.2 Å². The summed E-state index contributed by atoms with van der Waals surface area (Å²) in [7, 11) is 0. The van der Waals surface area contributed by atoms with E-state index in [4.69, 9.17) is 16.3 Å². The summed E-state index contributed by atoms with van der Waals surface area (Å²) in [4.78, 5) is 12.0. The first-order chi connectivity index (χ1) is 9.74. The summed E-state index contributed by atoms with van der Waals surface area (Å²) in [5.74, 6) is 1.52. The van der Waals surface area contributed by atoms with Crippen LogP contribution in [0.5, 0.6) is 5.75 Å². The molecule has 1 saturated carbocycles. The van der Waals surface area contributed by atoms with Crippen molar-refractivity contribution in [3.05, 3.63) is 28.8 Å². The van der Waals surface area contributed by atoms with Crippen LogP contribution in [0.2, 0.25) is 5.02 Å². The van der Waals surface area contributed by atoms with E-state index in [1.165, 1.54) is 12.8 Å². The van der Waals surface area contributed by atoms with Gasteiger partial charge in [0.1, 0.15) is 5.75 Å². The summed E-state index contributed by atoms with van der Waals surface area (Å²) in [6, 6.07) is 5.65.